The van der Waals surface area contributed by atoms with Crippen molar-refractivity contribution < 1.29 is 14.7 Å². The average Bonchev–Trinajstić information content (AvgIpc) is 2.50. The minimum Gasteiger partial charge on any atom is -0.480 e. The van der Waals surface area contributed by atoms with Crippen molar-refractivity contribution in [2.45, 2.75) is 12.5 Å². The van der Waals surface area contributed by atoms with Crippen LogP contribution in [0.5, 0.6) is 0 Å². The third-order valence-electron chi connectivity index (χ3n) is 3.25. The van der Waals surface area contributed by atoms with Crippen molar-refractivity contribution >= 4 is 34.4 Å². The van der Waals surface area contributed by atoms with Gasteiger partial charge in [0, 0.05) is 5.56 Å². The lowest BCUT2D eigenvalue weighted by molar-refractivity contribution is -0.139. The third-order valence-corrected chi connectivity index (χ3v) is 3.89. The van der Waals surface area contributed by atoms with E-state index in [4.69, 9.17) is 0 Å². The Kier molecular flexibility index (Phi) is 5.22. The molecule has 2 aromatic carbocycles. The lowest BCUT2D eigenvalue weighted by atomic mass is 10.0. The van der Waals surface area contributed by atoms with E-state index in [1.54, 1.807) is 23.9 Å². The molecule has 0 aliphatic rings. The van der Waals surface area contributed by atoms with Gasteiger partial charge in [-0.25, -0.2) is 4.79 Å². The van der Waals surface area contributed by atoms with Crippen molar-refractivity contribution in [3.8, 4) is 0 Å². The molecule has 4 nitrogen and oxygen atoms in total. The number of thioether (sulfide) groups is 1. The van der Waals surface area contributed by atoms with Crippen molar-refractivity contribution in [2.24, 2.45) is 0 Å². The van der Waals surface area contributed by atoms with Gasteiger partial charge in [-0.1, -0.05) is 36.4 Å². The maximum Gasteiger partial charge on any atom is 0.326 e. The number of hydrogen-bond donors (Lipinski definition) is 2. The summed E-state index contributed by atoms with van der Waals surface area (Å²) < 4.78 is 0. The lowest BCUT2D eigenvalue weighted by Crippen LogP contribution is -2.41. The van der Waals surface area contributed by atoms with Crippen LogP contribution in [0.15, 0.2) is 42.5 Å². The fourth-order valence-corrected chi connectivity index (χ4v) is 2.62. The van der Waals surface area contributed by atoms with Gasteiger partial charge in [0.05, 0.1) is 0 Å². The molecule has 1 amide bonds. The van der Waals surface area contributed by atoms with Crippen molar-refractivity contribution in [3.63, 3.8) is 0 Å². The average molecular weight is 303 g/mol. The van der Waals surface area contributed by atoms with Gasteiger partial charge >= 0.3 is 5.97 Å². The van der Waals surface area contributed by atoms with E-state index in [2.05, 4.69) is 5.32 Å². The number of nitrogens with one attached hydrogen (secondary N) is 1. The van der Waals surface area contributed by atoms with Gasteiger partial charge in [-0.3, -0.25) is 4.79 Å². The molecule has 0 aromatic heterocycles. The molecule has 0 aliphatic heterocycles. The molecule has 0 spiro atoms. The molecule has 110 valence electrons. The van der Waals surface area contributed by atoms with Gasteiger partial charge in [-0.15, -0.1) is 0 Å². The number of amides is 1. The predicted molar refractivity (Wildman–Crippen MR) is 85.8 cm³/mol. The molecule has 0 heterocycles. The van der Waals surface area contributed by atoms with Crippen molar-refractivity contribution in [1.82, 2.24) is 5.32 Å². The molecular weight excluding hydrogens is 286 g/mol. The summed E-state index contributed by atoms with van der Waals surface area (Å²) in [6, 6.07) is 12.1. The molecular formula is C16H17NO3S. The van der Waals surface area contributed by atoms with Crippen LogP contribution in [0.4, 0.5) is 0 Å². The summed E-state index contributed by atoms with van der Waals surface area (Å²) >= 11 is 1.56. The maximum absolute atomic E-state index is 12.4. The molecule has 0 fully saturated rings. The van der Waals surface area contributed by atoms with E-state index in [-0.39, 0.29) is 5.91 Å². The zero-order chi connectivity index (χ0) is 15.2. The highest BCUT2D eigenvalue weighted by molar-refractivity contribution is 7.98. The minimum atomic E-state index is -1.00. The summed E-state index contributed by atoms with van der Waals surface area (Å²) in [5.41, 5.74) is 0.503. The van der Waals surface area contributed by atoms with E-state index in [9.17, 15) is 14.7 Å². The first-order chi connectivity index (χ1) is 10.1. The molecule has 0 radical (unpaired) electrons. The van der Waals surface area contributed by atoms with E-state index < -0.39 is 12.0 Å². The summed E-state index contributed by atoms with van der Waals surface area (Å²) in [5.74, 6) is -0.662. The standard InChI is InChI=1S/C16H17NO3S/c1-21-10-9-14(16(19)20)17-15(18)13-8-4-6-11-5-2-3-7-12(11)13/h2-8,14H,9-10H2,1H3,(H,17,18)(H,19,20)/t14-/m1/s1. The van der Waals surface area contributed by atoms with Gasteiger partial charge in [0.25, 0.3) is 5.91 Å². The molecule has 2 N–H and O–H groups in total. The van der Waals surface area contributed by atoms with Gasteiger partial charge in [0.1, 0.15) is 6.04 Å². The Hall–Kier alpha value is -2.01. The van der Waals surface area contributed by atoms with Crippen LogP contribution in [0.25, 0.3) is 10.8 Å². The Balaban J connectivity index is 2.23. The van der Waals surface area contributed by atoms with Crippen LogP contribution in [0, 0.1) is 0 Å². The van der Waals surface area contributed by atoms with Crippen LogP contribution >= 0.6 is 11.8 Å². The second kappa shape index (κ2) is 7.13. The van der Waals surface area contributed by atoms with E-state index in [1.807, 2.05) is 36.6 Å². The Morgan fingerprint density at radius 2 is 1.90 bits per heavy atom. The third kappa shape index (κ3) is 3.76. The largest absolute Gasteiger partial charge is 0.480 e. The van der Waals surface area contributed by atoms with Crippen LogP contribution in [0.2, 0.25) is 0 Å². The molecule has 1 atom stereocenters. The Morgan fingerprint density at radius 1 is 1.19 bits per heavy atom. The summed E-state index contributed by atoms with van der Waals surface area (Å²) in [7, 11) is 0. The van der Waals surface area contributed by atoms with Gasteiger partial charge in [0.15, 0.2) is 0 Å². The molecule has 0 aliphatic carbocycles. The molecule has 0 unspecified atom stereocenters. The number of hydrogen-bond acceptors (Lipinski definition) is 3. The second-order valence-electron chi connectivity index (χ2n) is 4.67. The second-order valence-corrected chi connectivity index (χ2v) is 5.66. The van der Waals surface area contributed by atoms with E-state index in [0.29, 0.717) is 17.7 Å². The van der Waals surface area contributed by atoms with Gasteiger partial charge < -0.3 is 10.4 Å². The number of carbonyl (C=O) groups is 2. The topological polar surface area (TPSA) is 66.4 Å². The molecule has 0 saturated heterocycles. The molecule has 5 heteroatoms. The zero-order valence-corrected chi connectivity index (χ0v) is 12.5. The number of aliphatic carboxylic acids is 1. The smallest absolute Gasteiger partial charge is 0.326 e. The Labute approximate surface area is 127 Å². The van der Waals surface area contributed by atoms with Crippen molar-refractivity contribution in [1.29, 1.82) is 0 Å². The highest BCUT2D eigenvalue weighted by Gasteiger charge is 2.20. The summed E-state index contributed by atoms with van der Waals surface area (Å²) in [5, 5.41) is 13.6. The van der Waals surface area contributed by atoms with Crippen LogP contribution in [-0.4, -0.2) is 35.0 Å². The first-order valence-electron chi connectivity index (χ1n) is 6.64. The van der Waals surface area contributed by atoms with Crippen LogP contribution < -0.4 is 5.32 Å². The molecule has 2 rings (SSSR count). The number of carboxylic acids is 1. The maximum atomic E-state index is 12.4. The van der Waals surface area contributed by atoms with E-state index in [1.165, 1.54) is 0 Å². The number of fused-ring (bicyclic) bond motifs is 1. The number of carbonyl (C=O) groups excluding carboxylic acids is 1. The number of benzene rings is 2. The predicted octanol–water partition coefficient (Wildman–Crippen LogP) is 2.78. The fourth-order valence-electron chi connectivity index (χ4n) is 2.15. The molecule has 0 bridgehead atoms. The van der Waals surface area contributed by atoms with Crippen LogP contribution in [0.3, 0.4) is 0 Å². The van der Waals surface area contributed by atoms with Crippen LogP contribution in [0.1, 0.15) is 16.8 Å². The zero-order valence-electron chi connectivity index (χ0n) is 11.7. The normalized spacial score (nSPS) is 12.0. The SMILES string of the molecule is CSCC[C@@H](NC(=O)c1cccc2ccccc12)C(=O)O. The highest BCUT2D eigenvalue weighted by Crippen LogP contribution is 2.18. The lowest BCUT2D eigenvalue weighted by Gasteiger charge is -2.15. The Morgan fingerprint density at radius 3 is 2.62 bits per heavy atom. The fraction of sp³-hybridized carbons (Fsp3) is 0.250. The number of rotatable bonds is 6. The summed E-state index contributed by atoms with van der Waals surface area (Å²) in [6.07, 6.45) is 2.32. The first-order valence-corrected chi connectivity index (χ1v) is 8.03. The molecule has 21 heavy (non-hydrogen) atoms. The minimum absolute atomic E-state index is 0.347. The van der Waals surface area contributed by atoms with Gasteiger partial charge in [-0.2, -0.15) is 11.8 Å². The summed E-state index contributed by atoms with van der Waals surface area (Å²) in [4.78, 5) is 23.6. The molecule has 2 aromatic rings. The highest BCUT2D eigenvalue weighted by atomic mass is 32.2. The van der Waals surface area contributed by atoms with E-state index in [0.717, 1.165) is 10.8 Å². The van der Waals surface area contributed by atoms with Crippen molar-refractivity contribution in [2.75, 3.05) is 12.0 Å². The van der Waals surface area contributed by atoms with Gasteiger partial charge in [-0.05, 0) is 35.3 Å². The van der Waals surface area contributed by atoms with Crippen LogP contribution in [-0.2, 0) is 4.79 Å². The first kappa shape index (κ1) is 15.4. The van der Waals surface area contributed by atoms with Gasteiger partial charge in [0.2, 0.25) is 0 Å². The number of carboxylic acid groups (broad SMARTS) is 1. The summed E-state index contributed by atoms with van der Waals surface area (Å²) in [6.45, 7) is 0. The van der Waals surface area contributed by atoms with Crippen molar-refractivity contribution in [3.05, 3.63) is 48.0 Å². The quantitative estimate of drug-likeness (QED) is 0.861. The van der Waals surface area contributed by atoms with E-state index >= 15 is 0 Å². The monoisotopic (exact) mass is 303 g/mol. The Bertz CT molecular complexity index is 652. The molecule has 0 saturated carbocycles.